The predicted molar refractivity (Wildman–Crippen MR) is 67.4 cm³/mol. The van der Waals surface area contributed by atoms with Crippen LogP contribution in [0.1, 0.15) is 19.4 Å². The third-order valence-corrected chi connectivity index (χ3v) is 2.61. The van der Waals surface area contributed by atoms with Gasteiger partial charge in [0.15, 0.2) is 0 Å². The molecule has 0 saturated carbocycles. The van der Waals surface area contributed by atoms with Gasteiger partial charge in [-0.15, -0.1) is 0 Å². The summed E-state index contributed by atoms with van der Waals surface area (Å²) in [7, 11) is 1.62. The number of nitrogens with one attached hydrogen (secondary N) is 1. The van der Waals surface area contributed by atoms with E-state index in [0.717, 1.165) is 5.56 Å². The van der Waals surface area contributed by atoms with E-state index < -0.39 is 0 Å². The molecule has 0 aliphatic rings. The van der Waals surface area contributed by atoms with Crippen LogP contribution in [0.25, 0.3) is 0 Å². The number of hydrogen-bond acceptors (Lipinski definition) is 4. The summed E-state index contributed by atoms with van der Waals surface area (Å²) in [6, 6.07) is 5.12. The highest BCUT2D eigenvalue weighted by atomic mass is 16.6. The molecule has 0 aliphatic heterocycles. The van der Waals surface area contributed by atoms with E-state index in [4.69, 9.17) is 4.74 Å². The Labute approximate surface area is 101 Å². The van der Waals surface area contributed by atoms with E-state index in [9.17, 15) is 10.1 Å². The van der Waals surface area contributed by atoms with Crippen molar-refractivity contribution in [1.82, 2.24) is 0 Å². The Balaban J connectivity index is 2.88. The van der Waals surface area contributed by atoms with Crippen LogP contribution in [0.5, 0.6) is 0 Å². The van der Waals surface area contributed by atoms with E-state index in [2.05, 4.69) is 5.32 Å². The Hall–Kier alpha value is -1.62. The fourth-order valence-electron chi connectivity index (χ4n) is 1.32. The molecule has 0 bridgehead atoms. The van der Waals surface area contributed by atoms with Crippen molar-refractivity contribution in [3.8, 4) is 0 Å². The molecule has 0 amide bonds. The van der Waals surface area contributed by atoms with Crippen molar-refractivity contribution in [3.05, 3.63) is 33.9 Å². The smallest absolute Gasteiger partial charge is 0.292 e. The number of rotatable bonds is 5. The van der Waals surface area contributed by atoms with Crippen LogP contribution in [-0.2, 0) is 4.74 Å². The van der Waals surface area contributed by atoms with Gasteiger partial charge in [0.25, 0.3) is 5.69 Å². The summed E-state index contributed by atoms with van der Waals surface area (Å²) >= 11 is 0. The van der Waals surface area contributed by atoms with Crippen molar-refractivity contribution >= 4 is 11.4 Å². The Kier molecular flexibility index (Phi) is 4.07. The summed E-state index contributed by atoms with van der Waals surface area (Å²) in [5.41, 5.74) is 1.12. The molecule has 0 spiro atoms. The highest BCUT2D eigenvalue weighted by Crippen LogP contribution is 2.25. The molecular weight excluding hydrogens is 220 g/mol. The van der Waals surface area contributed by atoms with Gasteiger partial charge in [0.05, 0.1) is 10.5 Å². The molecule has 5 heteroatoms. The average Bonchev–Trinajstić information content (AvgIpc) is 2.27. The highest BCUT2D eigenvalue weighted by molar-refractivity contribution is 5.62. The van der Waals surface area contributed by atoms with Crippen molar-refractivity contribution in [3.63, 3.8) is 0 Å². The van der Waals surface area contributed by atoms with Crippen LogP contribution in [-0.4, -0.2) is 24.2 Å². The maximum Gasteiger partial charge on any atom is 0.292 e. The van der Waals surface area contributed by atoms with E-state index in [-0.39, 0.29) is 16.2 Å². The molecule has 1 aromatic carbocycles. The van der Waals surface area contributed by atoms with Gasteiger partial charge < -0.3 is 10.1 Å². The molecule has 1 rings (SSSR count). The van der Waals surface area contributed by atoms with Crippen molar-refractivity contribution < 1.29 is 9.66 Å². The van der Waals surface area contributed by atoms with Crippen LogP contribution < -0.4 is 5.32 Å². The summed E-state index contributed by atoms with van der Waals surface area (Å²) in [5, 5.41) is 13.9. The first-order chi connectivity index (χ1) is 7.85. The first-order valence-electron chi connectivity index (χ1n) is 5.40. The molecule has 0 saturated heterocycles. The summed E-state index contributed by atoms with van der Waals surface area (Å²) in [4.78, 5) is 10.5. The van der Waals surface area contributed by atoms with Crippen molar-refractivity contribution in [2.45, 2.75) is 26.4 Å². The fraction of sp³-hybridized carbons (Fsp3) is 0.500. The fourth-order valence-corrected chi connectivity index (χ4v) is 1.32. The van der Waals surface area contributed by atoms with Gasteiger partial charge in [-0.1, -0.05) is 6.07 Å². The number of aryl methyl sites for hydroxylation is 1. The molecule has 0 unspecified atom stereocenters. The number of anilines is 1. The van der Waals surface area contributed by atoms with Crippen molar-refractivity contribution in [2.75, 3.05) is 19.0 Å². The maximum absolute atomic E-state index is 10.9. The van der Waals surface area contributed by atoms with Crippen LogP contribution in [0.15, 0.2) is 18.2 Å². The quantitative estimate of drug-likeness (QED) is 0.632. The third-order valence-electron chi connectivity index (χ3n) is 2.61. The second kappa shape index (κ2) is 5.14. The Morgan fingerprint density at radius 3 is 2.65 bits per heavy atom. The molecule has 94 valence electrons. The Morgan fingerprint density at radius 1 is 1.47 bits per heavy atom. The predicted octanol–water partition coefficient (Wildman–Crippen LogP) is 2.74. The van der Waals surface area contributed by atoms with Crippen LogP contribution in [0, 0.1) is 17.0 Å². The van der Waals surface area contributed by atoms with E-state index in [0.29, 0.717) is 12.2 Å². The lowest BCUT2D eigenvalue weighted by Gasteiger charge is -2.23. The lowest BCUT2D eigenvalue weighted by atomic mass is 10.1. The molecule has 17 heavy (non-hydrogen) atoms. The topological polar surface area (TPSA) is 64.4 Å². The minimum atomic E-state index is -0.380. The van der Waals surface area contributed by atoms with Crippen molar-refractivity contribution in [2.24, 2.45) is 0 Å². The lowest BCUT2D eigenvalue weighted by molar-refractivity contribution is -0.384. The first-order valence-corrected chi connectivity index (χ1v) is 5.40. The number of benzene rings is 1. The molecule has 0 fully saturated rings. The zero-order valence-electron chi connectivity index (χ0n) is 10.6. The molecule has 0 aliphatic carbocycles. The molecule has 1 N–H and O–H groups in total. The van der Waals surface area contributed by atoms with E-state index in [1.807, 2.05) is 26.8 Å². The number of methoxy groups -OCH3 is 1. The number of ether oxygens (including phenoxy) is 1. The average molecular weight is 238 g/mol. The SMILES string of the molecule is COC(C)(C)CNc1ccc(C)cc1[N+](=O)[O-]. The summed E-state index contributed by atoms with van der Waals surface area (Å²) in [6.07, 6.45) is 0. The van der Waals surface area contributed by atoms with Crippen LogP contribution in [0.2, 0.25) is 0 Å². The third kappa shape index (κ3) is 3.71. The van der Waals surface area contributed by atoms with Gasteiger partial charge in [-0.05, 0) is 32.4 Å². The monoisotopic (exact) mass is 238 g/mol. The molecule has 0 heterocycles. The van der Waals surface area contributed by atoms with Gasteiger partial charge in [0, 0.05) is 19.7 Å². The molecular formula is C12H18N2O3. The van der Waals surface area contributed by atoms with Gasteiger partial charge >= 0.3 is 0 Å². The second-order valence-corrected chi connectivity index (χ2v) is 4.60. The maximum atomic E-state index is 10.9. The number of nitro groups is 1. The number of nitrogens with zero attached hydrogens (tertiary/aromatic N) is 1. The number of nitro benzene ring substituents is 1. The van der Waals surface area contributed by atoms with E-state index >= 15 is 0 Å². The zero-order valence-corrected chi connectivity index (χ0v) is 10.6. The highest BCUT2D eigenvalue weighted by Gasteiger charge is 2.19. The molecule has 0 atom stereocenters. The van der Waals surface area contributed by atoms with Crippen LogP contribution >= 0.6 is 0 Å². The first kappa shape index (κ1) is 13.4. The number of hydrogen-bond donors (Lipinski definition) is 1. The molecule has 0 aromatic heterocycles. The lowest BCUT2D eigenvalue weighted by Crippen LogP contribution is -2.32. The largest absolute Gasteiger partial charge is 0.377 e. The molecule has 0 radical (unpaired) electrons. The standard InChI is InChI=1S/C12H18N2O3/c1-9-5-6-10(11(7-9)14(15)16)13-8-12(2,3)17-4/h5-7,13H,8H2,1-4H3. The van der Waals surface area contributed by atoms with Gasteiger partial charge in [-0.25, -0.2) is 0 Å². The van der Waals surface area contributed by atoms with Gasteiger partial charge in [-0.2, -0.15) is 0 Å². The minimum Gasteiger partial charge on any atom is -0.377 e. The normalized spacial score (nSPS) is 11.3. The van der Waals surface area contributed by atoms with Gasteiger partial charge in [-0.3, -0.25) is 10.1 Å². The minimum absolute atomic E-state index is 0.0944. The Morgan fingerprint density at radius 2 is 2.12 bits per heavy atom. The van der Waals surface area contributed by atoms with Crippen LogP contribution in [0.4, 0.5) is 11.4 Å². The Bertz CT molecular complexity index is 416. The second-order valence-electron chi connectivity index (χ2n) is 4.60. The van der Waals surface area contributed by atoms with Gasteiger partial charge in [0.1, 0.15) is 5.69 Å². The van der Waals surface area contributed by atoms with E-state index in [1.54, 1.807) is 19.2 Å². The molecule has 5 nitrogen and oxygen atoms in total. The van der Waals surface area contributed by atoms with Crippen molar-refractivity contribution in [1.29, 1.82) is 0 Å². The van der Waals surface area contributed by atoms with Crippen LogP contribution in [0.3, 0.4) is 0 Å². The summed E-state index contributed by atoms with van der Waals surface area (Å²) in [6.45, 7) is 6.17. The van der Waals surface area contributed by atoms with Gasteiger partial charge in [0.2, 0.25) is 0 Å². The molecule has 1 aromatic rings. The van der Waals surface area contributed by atoms with E-state index in [1.165, 1.54) is 0 Å². The zero-order chi connectivity index (χ0) is 13.1. The summed E-state index contributed by atoms with van der Waals surface area (Å²) < 4.78 is 5.25. The summed E-state index contributed by atoms with van der Waals surface area (Å²) in [5.74, 6) is 0.